The number of hydrogen-bond acceptors (Lipinski definition) is 2. The van der Waals surface area contributed by atoms with Crippen LogP contribution in [0.4, 0.5) is 19.0 Å². The fraction of sp³-hybridized carbons (Fsp3) is 0.321. The minimum absolute atomic E-state index is 0.0580. The second kappa shape index (κ2) is 11.7. The van der Waals surface area contributed by atoms with Crippen molar-refractivity contribution in [3.05, 3.63) is 89.0 Å². The van der Waals surface area contributed by atoms with Crippen molar-refractivity contribution in [2.24, 2.45) is 0 Å². The summed E-state index contributed by atoms with van der Waals surface area (Å²) in [5.74, 6) is 0.500. The van der Waals surface area contributed by atoms with Crippen LogP contribution in [0.25, 0.3) is 17.0 Å². The molecule has 1 N–H and O–H groups in total. The molecule has 0 unspecified atom stereocenters. The number of rotatable bonds is 6. The number of aromatic nitrogens is 1. The number of pyridine rings is 1. The molecule has 0 saturated heterocycles. The first kappa shape index (κ1) is 26.2. The van der Waals surface area contributed by atoms with Crippen molar-refractivity contribution in [3.63, 3.8) is 0 Å². The molecule has 2 aromatic carbocycles. The topological polar surface area (TPSA) is 24.9 Å². The molecule has 0 fully saturated rings. The van der Waals surface area contributed by atoms with Gasteiger partial charge in [-0.05, 0) is 49.6 Å². The number of anilines is 1. The van der Waals surface area contributed by atoms with Gasteiger partial charge in [0.05, 0.1) is 11.3 Å². The van der Waals surface area contributed by atoms with E-state index in [1.807, 2.05) is 45.0 Å². The summed E-state index contributed by atoms with van der Waals surface area (Å²) in [7, 11) is 0. The molecule has 0 aliphatic heterocycles. The van der Waals surface area contributed by atoms with Crippen LogP contribution in [0, 0.1) is 20.8 Å². The Hall–Kier alpha value is -3.08. The maximum atomic E-state index is 13.4. The molecule has 5 heteroatoms. The van der Waals surface area contributed by atoms with Crippen molar-refractivity contribution in [2.45, 2.75) is 60.1 Å². The second-order valence-corrected chi connectivity index (χ2v) is 8.11. The lowest BCUT2D eigenvalue weighted by Crippen LogP contribution is -2.09. The predicted molar refractivity (Wildman–Crippen MR) is 133 cm³/mol. The zero-order valence-electron chi connectivity index (χ0n) is 20.1. The molecule has 3 aromatic rings. The van der Waals surface area contributed by atoms with Gasteiger partial charge in [0.15, 0.2) is 0 Å². The molecular formula is C28H33F3N2. The van der Waals surface area contributed by atoms with E-state index in [0.717, 1.165) is 28.3 Å². The Bertz CT molecular complexity index is 1080. The fourth-order valence-electron chi connectivity index (χ4n) is 3.43. The average molecular weight is 455 g/mol. The molecule has 33 heavy (non-hydrogen) atoms. The predicted octanol–water partition coefficient (Wildman–Crippen LogP) is 8.97. The van der Waals surface area contributed by atoms with Gasteiger partial charge in [0.1, 0.15) is 5.82 Å². The molecule has 0 spiro atoms. The summed E-state index contributed by atoms with van der Waals surface area (Å²) in [6.45, 7) is 14.2. The minimum Gasteiger partial charge on any atom is -0.340 e. The van der Waals surface area contributed by atoms with Gasteiger partial charge in [0.25, 0.3) is 0 Å². The average Bonchev–Trinajstić information content (AvgIpc) is 2.77. The van der Waals surface area contributed by atoms with Crippen molar-refractivity contribution in [1.29, 1.82) is 0 Å². The zero-order valence-corrected chi connectivity index (χ0v) is 20.1. The fourth-order valence-corrected chi connectivity index (χ4v) is 3.43. The monoisotopic (exact) mass is 454 g/mol. The lowest BCUT2D eigenvalue weighted by atomic mass is 10.0. The molecule has 2 nitrogen and oxygen atoms in total. The molecule has 3 rings (SSSR count). The number of halogens is 3. The summed E-state index contributed by atoms with van der Waals surface area (Å²) >= 11 is 0. The summed E-state index contributed by atoms with van der Waals surface area (Å²) in [4.78, 5) is 4.50. The first-order chi connectivity index (χ1) is 15.6. The number of aryl methyl sites for hydroxylation is 2. The molecule has 0 aliphatic carbocycles. The standard InChI is InChI=1S/C23H21F3N2.C5H12/c1-14-9-5-6-10-18(14)17(4)27-22-16(3)15(2)13-21(28-22)19-11-7-8-12-20(19)23(24,25)26;1-3-5-4-2/h5-13H,4H2,1-3H3,(H,27,28);3-5H2,1-2H3. The number of hydrogen-bond donors (Lipinski definition) is 1. The zero-order chi connectivity index (χ0) is 24.6. The Kier molecular flexibility index (Phi) is 9.27. The Balaban J connectivity index is 0.000000696. The highest BCUT2D eigenvalue weighted by atomic mass is 19.4. The van der Waals surface area contributed by atoms with Gasteiger partial charge in [-0.15, -0.1) is 0 Å². The van der Waals surface area contributed by atoms with Gasteiger partial charge in [0, 0.05) is 16.8 Å². The molecule has 0 aliphatic rings. The quantitative estimate of drug-likeness (QED) is 0.402. The molecule has 1 heterocycles. The minimum atomic E-state index is -4.45. The van der Waals surface area contributed by atoms with E-state index in [2.05, 4.69) is 30.7 Å². The van der Waals surface area contributed by atoms with Crippen molar-refractivity contribution < 1.29 is 13.2 Å². The van der Waals surface area contributed by atoms with E-state index >= 15 is 0 Å². The molecule has 0 amide bonds. The highest BCUT2D eigenvalue weighted by molar-refractivity contribution is 5.78. The molecule has 1 aromatic heterocycles. The number of nitrogens with zero attached hydrogens (tertiary/aromatic N) is 1. The van der Waals surface area contributed by atoms with E-state index in [1.165, 1.54) is 31.4 Å². The highest BCUT2D eigenvalue weighted by Gasteiger charge is 2.33. The number of nitrogens with one attached hydrogen (secondary N) is 1. The van der Waals surface area contributed by atoms with Gasteiger partial charge in [0.2, 0.25) is 0 Å². The largest absolute Gasteiger partial charge is 0.417 e. The number of benzene rings is 2. The van der Waals surface area contributed by atoms with E-state index in [1.54, 1.807) is 12.1 Å². The van der Waals surface area contributed by atoms with Crippen molar-refractivity contribution in [3.8, 4) is 11.3 Å². The number of unbranched alkanes of at least 4 members (excludes halogenated alkanes) is 2. The van der Waals surface area contributed by atoms with Gasteiger partial charge in [-0.3, -0.25) is 0 Å². The van der Waals surface area contributed by atoms with E-state index in [4.69, 9.17) is 0 Å². The molecular weight excluding hydrogens is 421 g/mol. The Labute approximate surface area is 195 Å². The van der Waals surface area contributed by atoms with Crippen molar-refractivity contribution in [2.75, 3.05) is 5.32 Å². The first-order valence-corrected chi connectivity index (χ1v) is 11.3. The molecule has 176 valence electrons. The van der Waals surface area contributed by atoms with Gasteiger partial charge in [-0.25, -0.2) is 4.98 Å². The number of alkyl halides is 3. The molecule has 0 radical (unpaired) electrons. The van der Waals surface area contributed by atoms with Crippen LogP contribution in [0.2, 0.25) is 0 Å². The van der Waals surface area contributed by atoms with Crippen LogP contribution in [-0.2, 0) is 6.18 Å². The van der Waals surface area contributed by atoms with Crippen LogP contribution in [-0.4, -0.2) is 4.98 Å². The molecule has 0 atom stereocenters. The van der Waals surface area contributed by atoms with Crippen LogP contribution in [0.1, 0.15) is 60.9 Å². The van der Waals surface area contributed by atoms with Crippen LogP contribution in [0.3, 0.4) is 0 Å². The summed E-state index contributed by atoms with van der Waals surface area (Å²) in [6.07, 6.45) is -0.373. The highest BCUT2D eigenvalue weighted by Crippen LogP contribution is 2.37. The van der Waals surface area contributed by atoms with Gasteiger partial charge >= 0.3 is 6.18 Å². The smallest absolute Gasteiger partial charge is 0.340 e. The van der Waals surface area contributed by atoms with Gasteiger partial charge < -0.3 is 5.32 Å². The Morgan fingerprint density at radius 2 is 1.52 bits per heavy atom. The molecule has 0 bridgehead atoms. The maximum Gasteiger partial charge on any atom is 0.417 e. The van der Waals surface area contributed by atoms with Crippen molar-refractivity contribution in [1.82, 2.24) is 4.98 Å². The van der Waals surface area contributed by atoms with E-state index in [-0.39, 0.29) is 11.3 Å². The van der Waals surface area contributed by atoms with Crippen molar-refractivity contribution >= 4 is 11.5 Å². The van der Waals surface area contributed by atoms with Crippen LogP contribution < -0.4 is 5.32 Å². The summed E-state index contributed by atoms with van der Waals surface area (Å²) in [5, 5.41) is 3.19. The van der Waals surface area contributed by atoms with E-state index in [0.29, 0.717) is 11.5 Å². The summed E-state index contributed by atoms with van der Waals surface area (Å²) in [5.41, 5.74) is 3.97. The third kappa shape index (κ3) is 6.95. The lowest BCUT2D eigenvalue weighted by Gasteiger charge is -2.18. The Morgan fingerprint density at radius 1 is 0.909 bits per heavy atom. The van der Waals surface area contributed by atoms with E-state index in [9.17, 15) is 13.2 Å². The van der Waals surface area contributed by atoms with Gasteiger partial charge in [-0.2, -0.15) is 13.2 Å². The first-order valence-electron chi connectivity index (χ1n) is 11.3. The second-order valence-electron chi connectivity index (χ2n) is 8.11. The summed E-state index contributed by atoms with van der Waals surface area (Å²) in [6, 6.07) is 14.9. The SMILES string of the molecule is C=C(Nc1nc(-c2ccccc2C(F)(F)F)cc(C)c1C)c1ccccc1C.CCCCC. The third-order valence-corrected chi connectivity index (χ3v) is 5.49. The van der Waals surface area contributed by atoms with E-state index < -0.39 is 11.7 Å². The van der Waals surface area contributed by atoms with Gasteiger partial charge in [-0.1, -0.05) is 82.2 Å². The van der Waals surface area contributed by atoms with Crippen LogP contribution >= 0.6 is 0 Å². The van der Waals surface area contributed by atoms with Crippen LogP contribution in [0.15, 0.2) is 61.2 Å². The summed E-state index contributed by atoms with van der Waals surface area (Å²) < 4.78 is 40.3. The third-order valence-electron chi connectivity index (χ3n) is 5.49. The maximum absolute atomic E-state index is 13.4. The Morgan fingerprint density at radius 3 is 2.09 bits per heavy atom. The lowest BCUT2D eigenvalue weighted by molar-refractivity contribution is -0.137. The van der Waals surface area contributed by atoms with Crippen LogP contribution in [0.5, 0.6) is 0 Å². The normalized spacial score (nSPS) is 10.9. The molecule has 0 saturated carbocycles.